The molecule has 0 N–H and O–H groups in total. The Bertz CT molecular complexity index is 1150. The van der Waals surface area contributed by atoms with E-state index in [2.05, 4.69) is 12.1 Å². The van der Waals surface area contributed by atoms with Crippen LogP contribution in [-0.2, 0) is 14.3 Å². The minimum absolute atomic E-state index is 0.0107. The van der Waals surface area contributed by atoms with Crippen LogP contribution in [-0.4, -0.2) is 37.8 Å². The molecule has 1 aliphatic heterocycles. The van der Waals surface area contributed by atoms with Crippen LogP contribution in [0, 0.1) is 5.92 Å². The summed E-state index contributed by atoms with van der Waals surface area (Å²) in [5.74, 6) is -0.367. The molecule has 1 unspecified atom stereocenters. The minimum Gasteiger partial charge on any atom is -0.497 e. The van der Waals surface area contributed by atoms with Crippen LogP contribution in [0.5, 0.6) is 11.5 Å². The molecule has 0 radical (unpaired) electrons. The van der Waals surface area contributed by atoms with Crippen molar-refractivity contribution in [3.63, 3.8) is 0 Å². The predicted molar refractivity (Wildman–Crippen MR) is 131 cm³/mol. The summed E-state index contributed by atoms with van der Waals surface area (Å²) in [7, 11) is 3.16. The highest BCUT2D eigenvalue weighted by Gasteiger charge is 2.46. The topological polar surface area (TPSA) is 74.2 Å². The molecule has 0 saturated carbocycles. The Morgan fingerprint density at radius 2 is 1.76 bits per heavy atom. The third-order valence-corrected chi connectivity index (χ3v) is 6.54. The normalized spacial score (nSPS) is 22.2. The van der Waals surface area contributed by atoms with Crippen molar-refractivity contribution in [1.29, 1.82) is 0 Å². The number of ketones is 1. The lowest BCUT2D eigenvalue weighted by Crippen LogP contribution is -2.39. The number of nitrogens with zero attached hydrogens (tertiary/aromatic N) is 1. The van der Waals surface area contributed by atoms with Gasteiger partial charge >= 0.3 is 5.97 Å². The fraction of sp³-hybridized carbons (Fsp3) is 0.393. The van der Waals surface area contributed by atoms with E-state index in [1.807, 2.05) is 51.1 Å². The quantitative estimate of drug-likeness (QED) is 0.551. The summed E-state index contributed by atoms with van der Waals surface area (Å²) in [6.07, 6.45) is 0.736. The van der Waals surface area contributed by atoms with Crippen molar-refractivity contribution in [3.8, 4) is 11.5 Å². The minimum atomic E-state index is -0.708. The van der Waals surface area contributed by atoms with Gasteiger partial charge in [0.2, 0.25) is 0 Å². The Hall–Kier alpha value is -3.41. The van der Waals surface area contributed by atoms with Crippen molar-refractivity contribution in [3.05, 3.63) is 70.9 Å². The van der Waals surface area contributed by atoms with E-state index in [0.717, 1.165) is 16.8 Å². The molecular weight excluding hydrogens is 430 g/mol. The highest BCUT2D eigenvalue weighted by atomic mass is 16.5. The van der Waals surface area contributed by atoms with Gasteiger partial charge in [0.05, 0.1) is 20.3 Å². The summed E-state index contributed by atoms with van der Waals surface area (Å²) in [5, 5.41) is 0. The molecule has 1 heterocycles. The number of aliphatic imine (C=N–C) groups is 1. The van der Waals surface area contributed by atoms with Gasteiger partial charge in [-0.1, -0.05) is 36.4 Å². The van der Waals surface area contributed by atoms with E-state index in [-0.39, 0.29) is 23.8 Å². The Kier molecular flexibility index (Phi) is 6.87. The molecule has 2 aromatic rings. The van der Waals surface area contributed by atoms with E-state index in [9.17, 15) is 9.59 Å². The van der Waals surface area contributed by atoms with Gasteiger partial charge in [-0.15, -0.1) is 0 Å². The summed E-state index contributed by atoms with van der Waals surface area (Å²) >= 11 is 0. The van der Waals surface area contributed by atoms with Crippen LogP contribution in [0.25, 0.3) is 0 Å². The van der Waals surface area contributed by atoms with Crippen LogP contribution in [0.15, 0.2) is 64.8 Å². The number of hydrogen-bond acceptors (Lipinski definition) is 6. The van der Waals surface area contributed by atoms with Gasteiger partial charge in [0, 0.05) is 41.0 Å². The zero-order chi connectivity index (χ0) is 24.4. The highest BCUT2D eigenvalue weighted by Crippen LogP contribution is 2.49. The number of esters is 1. The lowest BCUT2D eigenvalue weighted by atomic mass is 9.69. The van der Waals surface area contributed by atoms with Gasteiger partial charge in [-0.3, -0.25) is 14.6 Å². The molecule has 0 spiro atoms. The van der Waals surface area contributed by atoms with Crippen LogP contribution < -0.4 is 9.47 Å². The van der Waals surface area contributed by atoms with Crippen molar-refractivity contribution >= 4 is 17.5 Å². The van der Waals surface area contributed by atoms with Gasteiger partial charge in [0.25, 0.3) is 0 Å². The molecule has 4 rings (SSSR count). The van der Waals surface area contributed by atoms with E-state index >= 15 is 0 Å². The average Bonchev–Trinajstić information content (AvgIpc) is 2.82. The molecule has 1 aliphatic carbocycles. The second kappa shape index (κ2) is 9.84. The monoisotopic (exact) mass is 461 g/mol. The Morgan fingerprint density at radius 1 is 1.03 bits per heavy atom. The fourth-order valence-electron chi connectivity index (χ4n) is 5.04. The molecule has 2 aliphatic rings. The zero-order valence-electron chi connectivity index (χ0n) is 20.3. The van der Waals surface area contributed by atoms with E-state index in [1.54, 1.807) is 20.3 Å². The van der Waals surface area contributed by atoms with Gasteiger partial charge in [-0.05, 0) is 44.7 Å². The number of allylic oxidation sites excluding steroid dienone is 2. The van der Waals surface area contributed by atoms with E-state index in [0.29, 0.717) is 35.6 Å². The molecule has 0 bridgehead atoms. The number of ether oxygens (including phenoxy) is 3. The first kappa shape index (κ1) is 23.7. The largest absolute Gasteiger partial charge is 0.497 e. The van der Waals surface area contributed by atoms with Gasteiger partial charge in [-0.2, -0.15) is 0 Å². The third-order valence-electron chi connectivity index (χ3n) is 6.54. The highest BCUT2D eigenvalue weighted by molar-refractivity contribution is 6.09. The van der Waals surface area contributed by atoms with Crippen molar-refractivity contribution in [1.82, 2.24) is 0 Å². The maximum Gasteiger partial charge on any atom is 0.315 e. The molecule has 6 nitrogen and oxygen atoms in total. The van der Waals surface area contributed by atoms with E-state index in [4.69, 9.17) is 19.2 Å². The number of carbonyl (C=O) groups is 2. The standard InChI is InChI=1S/C28H31NO5/c1-16(2)34-28(31)25-17(3)29-22-13-19(18-9-7-6-8-10-18)14-23(30)27(22)26(25)21-12-11-20(32-4)15-24(21)33-5/h6-12,15-16,19,25-26H,13-14H2,1-5H3/t19-,25?,26-/m0/s1. The third kappa shape index (κ3) is 4.49. The molecular formula is C28H31NO5. The molecule has 178 valence electrons. The molecule has 6 heteroatoms. The molecule has 0 amide bonds. The van der Waals surface area contributed by atoms with Crippen molar-refractivity contribution in [2.45, 2.75) is 51.6 Å². The number of carbonyl (C=O) groups excluding carboxylic acids is 2. The second-order valence-corrected chi connectivity index (χ2v) is 9.10. The second-order valence-electron chi connectivity index (χ2n) is 9.10. The van der Waals surface area contributed by atoms with Crippen molar-refractivity contribution < 1.29 is 23.8 Å². The predicted octanol–water partition coefficient (Wildman–Crippen LogP) is 5.23. The lowest BCUT2D eigenvalue weighted by Gasteiger charge is -2.37. The SMILES string of the molecule is COc1ccc([C@@H]2C3=C(C[C@H](c4ccccc4)CC3=O)N=C(C)C2C(=O)OC(C)C)c(OC)c1. The van der Waals surface area contributed by atoms with Crippen LogP contribution in [0.3, 0.4) is 0 Å². The van der Waals surface area contributed by atoms with Crippen molar-refractivity contribution in [2.75, 3.05) is 14.2 Å². The van der Waals surface area contributed by atoms with Gasteiger partial charge in [-0.25, -0.2) is 0 Å². The molecule has 34 heavy (non-hydrogen) atoms. The molecule has 0 fully saturated rings. The number of hydrogen-bond donors (Lipinski definition) is 0. The zero-order valence-corrected chi connectivity index (χ0v) is 20.3. The number of benzene rings is 2. The Morgan fingerprint density at radius 3 is 2.41 bits per heavy atom. The summed E-state index contributed by atoms with van der Waals surface area (Å²) in [4.78, 5) is 31.8. The number of rotatable bonds is 6. The molecule has 0 aromatic heterocycles. The van der Waals surface area contributed by atoms with Crippen LogP contribution >= 0.6 is 0 Å². The summed E-state index contributed by atoms with van der Waals surface area (Å²) in [6, 6.07) is 15.5. The molecule has 0 saturated heterocycles. The maximum absolute atomic E-state index is 13.7. The van der Waals surface area contributed by atoms with Crippen LogP contribution in [0.4, 0.5) is 0 Å². The first-order chi connectivity index (χ1) is 16.3. The summed E-state index contributed by atoms with van der Waals surface area (Å²) in [6.45, 7) is 5.48. The van der Waals surface area contributed by atoms with Crippen molar-refractivity contribution in [2.24, 2.45) is 10.9 Å². The smallest absolute Gasteiger partial charge is 0.315 e. The summed E-state index contributed by atoms with van der Waals surface area (Å²) in [5.41, 5.74) is 3.86. The molecule has 2 aromatic carbocycles. The average molecular weight is 462 g/mol. The molecule has 3 atom stereocenters. The number of Topliss-reactive ketones (excluding diaryl/α,β-unsaturated/α-hetero) is 1. The van der Waals surface area contributed by atoms with E-state index in [1.165, 1.54) is 0 Å². The fourth-order valence-corrected chi connectivity index (χ4v) is 5.04. The summed E-state index contributed by atoms with van der Waals surface area (Å²) < 4.78 is 16.7. The maximum atomic E-state index is 13.7. The van der Waals surface area contributed by atoms with Gasteiger partial charge in [0.15, 0.2) is 5.78 Å². The van der Waals surface area contributed by atoms with Crippen LogP contribution in [0.2, 0.25) is 0 Å². The van der Waals surface area contributed by atoms with Gasteiger partial charge < -0.3 is 14.2 Å². The Balaban J connectivity index is 1.85. The van der Waals surface area contributed by atoms with Crippen LogP contribution in [0.1, 0.15) is 56.6 Å². The Labute approximate surface area is 200 Å². The first-order valence-electron chi connectivity index (χ1n) is 11.6. The number of methoxy groups -OCH3 is 2. The van der Waals surface area contributed by atoms with Gasteiger partial charge in [0.1, 0.15) is 17.4 Å². The lowest BCUT2D eigenvalue weighted by molar-refractivity contribution is -0.150. The van der Waals surface area contributed by atoms with E-state index < -0.39 is 11.8 Å². The first-order valence-corrected chi connectivity index (χ1v) is 11.6.